The highest BCUT2D eigenvalue weighted by Crippen LogP contribution is 1.84. The molecule has 1 N–H and O–H groups in total. The molecule has 0 aliphatic carbocycles. The van der Waals surface area contributed by atoms with Gasteiger partial charge in [-0.2, -0.15) is 5.10 Å². The Morgan fingerprint density at radius 2 is 1.03 bits per heavy atom. The summed E-state index contributed by atoms with van der Waals surface area (Å²) in [5, 5.41) is 11.5. The Hall–Kier alpha value is -1.95. The number of aromatic nitrogens is 4. The van der Waals surface area contributed by atoms with E-state index in [2.05, 4.69) is 86.6 Å². The maximum absolute atomic E-state index is 4.33. The van der Waals surface area contributed by atoms with Gasteiger partial charge >= 0.3 is 0 Å². The summed E-state index contributed by atoms with van der Waals surface area (Å²) < 4.78 is 8.10. The van der Waals surface area contributed by atoms with Crippen LogP contribution in [0, 0.1) is 17.8 Å². The van der Waals surface area contributed by atoms with Crippen molar-refractivity contribution in [3.63, 3.8) is 0 Å². The predicted octanol–water partition coefficient (Wildman–Crippen LogP) is 12.2. The van der Waals surface area contributed by atoms with E-state index in [1.165, 1.54) is 17.8 Å². The molecule has 6 heteroatoms. The van der Waals surface area contributed by atoms with Crippen molar-refractivity contribution in [2.45, 2.75) is 126 Å². The van der Waals surface area contributed by atoms with E-state index in [0.29, 0.717) is 0 Å². The van der Waals surface area contributed by atoms with Crippen molar-refractivity contribution < 1.29 is 4.52 Å². The monoisotopic (exact) mass is 535 g/mol. The minimum absolute atomic E-state index is 0. The summed E-state index contributed by atoms with van der Waals surface area (Å²) in [5.41, 5.74) is 0. The SMILES string of the molecule is C.C.C.CC.CC.CC.CC(C)C.CC(C)C.CC(C)C.c1cn[nH]c1.c1cnoc1.c1cnsc1. The third-order valence-corrected chi connectivity index (χ3v) is 1.62. The lowest BCUT2D eigenvalue weighted by Gasteiger charge is -1.79. The number of hydrogen-bond donors (Lipinski definition) is 1. The Kier molecular flexibility index (Phi) is 115. The molecule has 3 aromatic rings. The minimum atomic E-state index is 0. The standard InChI is InChI=1S/3C4H10.C3H4N2.C3H3NO.C3H3NS.3C2H6.3CH4/c3*1-4(2)3;3*1-2-4-5-3-1;3*1-2;;;/h3*4H,1-3H3;1-3H,(H,4,5);2*1-3H;3*1-2H3;3*1H4. The van der Waals surface area contributed by atoms with Crippen molar-refractivity contribution in [2.75, 3.05) is 0 Å². The zero-order valence-corrected chi connectivity index (χ0v) is 25.4. The Morgan fingerprint density at radius 3 is 1.11 bits per heavy atom. The molecule has 0 radical (unpaired) electrons. The van der Waals surface area contributed by atoms with Gasteiger partial charge < -0.3 is 4.52 Å². The van der Waals surface area contributed by atoms with Crippen LogP contribution in [0.25, 0.3) is 0 Å². The quantitative estimate of drug-likeness (QED) is 0.311. The lowest BCUT2D eigenvalue weighted by Crippen LogP contribution is -1.66. The van der Waals surface area contributed by atoms with Crippen LogP contribution in [0.4, 0.5) is 0 Å². The van der Waals surface area contributed by atoms with Gasteiger partial charge in [-0.15, -0.1) is 0 Å². The van der Waals surface area contributed by atoms with Crippen molar-refractivity contribution in [3.05, 3.63) is 54.6 Å². The van der Waals surface area contributed by atoms with Gasteiger partial charge in [-0.1, -0.05) is 131 Å². The Bertz CT molecular complexity index is 358. The molecule has 0 fully saturated rings. The van der Waals surface area contributed by atoms with Crippen LogP contribution in [0.15, 0.2) is 59.2 Å². The van der Waals surface area contributed by atoms with Crippen LogP contribution in [-0.4, -0.2) is 19.7 Å². The molecule has 0 spiro atoms. The van der Waals surface area contributed by atoms with Gasteiger partial charge in [0.15, 0.2) is 0 Å². The first-order valence-electron chi connectivity index (χ1n) is 12.3. The van der Waals surface area contributed by atoms with Crippen LogP contribution in [0.2, 0.25) is 0 Å². The normalized spacial score (nSPS) is 6.83. The van der Waals surface area contributed by atoms with Crippen LogP contribution in [0.3, 0.4) is 0 Å². The number of hydrogen-bond acceptors (Lipinski definition) is 5. The summed E-state index contributed by atoms with van der Waals surface area (Å²) in [6, 6.07) is 5.46. The molecule has 0 saturated heterocycles. The summed E-state index contributed by atoms with van der Waals surface area (Å²) in [6.45, 7) is 31.5. The minimum Gasteiger partial charge on any atom is -0.365 e. The lowest BCUT2D eigenvalue weighted by molar-refractivity contribution is 0.420. The smallest absolute Gasteiger partial charge is 0.123 e. The number of H-pyrrole nitrogens is 1. The number of nitrogens with one attached hydrogen (secondary N) is 1. The van der Waals surface area contributed by atoms with Crippen LogP contribution < -0.4 is 0 Å². The molecule has 0 aliphatic rings. The fraction of sp³-hybridized carbons (Fsp3) is 0.700. The highest BCUT2D eigenvalue weighted by molar-refractivity contribution is 7.03. The second kappa shape index (κ2) is 69.8. The first kappa shape index (κ1) is 59.3. The molecule has 0 saturated carbocycles. The third-order valence-electron chi connectivity index (χ3n) is 1.10. The van der Waals surface area contributed by atoms with E-state index in [1.54, 1.807) is 30.9 Å². The van der Waals surface area contributed by atoms with Crippen molar-refractivity contribution in [2.24, 2.45) is 17.8 Å². The van der Waals surface area contributed by atoms with Crippen molar-refractivity contribution in [1.29, 1.82) is 0 Å². The van der Waals surface area contributed by atoms with Crippen molar-refractivity contribution in [1.82, 2.24) is 19.7 Å². The van der Waals surface area contributed by atoms with Gasteiger partial charge in [-0.05, 0) is 47.5 Å². The van der Waals surface area contributed by atoms with E-state index in [1.807, 2.05) is 59.1 Å². The summed E-state index contributed by atoms with van der Waals surface area (Å²) in [4.78, 5) is 0. The molecule has 0 amide bonds. The number of nitrogens with zero attached hydrogens (tertiary/aromatic N) is 3. The fourth-order valence-corrected chi connectivity index (χ4v) is 0.918. The summed E-state index contributed by atoms with van der Waals surface area (Å²) in [5.74, 6) is 2.50. The van der Waals surface area contributed by atoms with E-state index in [-0.39, 0.29) is 22.3 Å². The molecule has 5 nitrogen and oxygen atoms in total. The van der Waals surface area contributed by atoms with E-state index in [0.717, 1.165) is 17.8 Å². The van der Waals surface area contributed by atoms with Crippen molar-refractivity contribution in [3.8, 4) is 0 Å². The average molecular weight is 535 g/mol. The highest BCUT2D eigenvalue weighted by Gasteiger charge is 1.69. The van der Waals surface area contributed by atoms with Gasteiger partial charge in [0, 0.05) is 24.0 Å². The molecule has 0 aromatic carbocycles. The number of aromatic amines is 1. The molecule has 3 rings (SSSR count). The molecule has 0 atom stereocenters. The van der Waals surface area contributed by atoms with Gasteiger partial charge in [0.1, 0.15) is 6.26 Å². The topological polar surface area (TPSA) is 67.6 Å². The van der Waals surface area contributed by atoms with Gasteiger partial charge in [-0.3, -0.25) is 5.10 Å². The maximum Gasteiger partial charge on any atom is 0.123 e. The Morgan fingerprint density at radius 1 is 0.611 bits per heavy atom. The van der Waals surface area contributed by atoms with Crippen LogP contribution in [0.5, 0.6) is 0 Å². The lowest BCUT2D eigenvalue weighted by atomic mass is 10.3. The van der Waals surface area contributed by atoms with Crippen LogP contribution >= 0.6 is 11.5 Å². The van der Waals surface area contributed by atoms with Gasteiger partial charge in [-0.25, -0.2) is 4.37 Å². The molecule has 36 heavy (non-hydrogen) atoms. The maximum atomic E-state index is 4.33. The first-order valence-corrected chi connectivity index (χ1v) is 13.2. The second-order valence-corrected chi connectivity index (χ2v) is 8.03. The molecule has 0 unspecified atom stereocenters. The Balaban J connectivity index is -0.0000000329. The highest BCUT2D eigenvalue weighted by atomic mass is 32.1. The Labute approximate surface area is 234 Å². The molecule has 3 aromatic heterocycles. The summed E-state index contributed by atoms with van der Waals surface area (Å²) in [6.07, 6.45) is 8.32. The van der Waals surface area contributed by atoms with Crippen LogP contribution in [0.1, 0.15) is 126 Å². The summed E-state index contributed by atoms with van der Waals surface area (Å²) in [7, 11) is 0. The predicted molar refractivity (Wildman–Crippen MR) is 173 cm³/mol. The van der Waals surface area contributed by atoms with Crippen molar-refractivity contribution >= 4 is 11.5 Å². The third kappa shape index (κ3) is 181. The summed E-state index contributed by atoms with van der Waals surface area (Å²) >= 11 is 1.46. The molecule has 222 valence electrons. The molecular weight excluding hydrogens is 464 g/mol. The fourth-order valence-electron chi connectivity index (χ4n) is 0.567. The van der Waals surface area contributed by atoms with E-state index in [4.69, 9.17) is 0 Å². The average Bonchev–Trinajstić information content (AvgIpc) is 3.59. The van der Waals surface area contributed by atoms with E-state index in [9.17, 15) is 0 Å². The number of rotatable bonds is 0. The van der Waals surface area contributed by atoms with Gasteiger partial charge in [0.2, 0.25) is 0 Å². The zero-order chi connectivity index (χ0) is 27.3. The molecular formula is C30H70N4OS. The molecule has 0 bridgehead atoms. The largest absolute Gasteiger partial charge is 0.365 e. The first-order chi connectivity index (χ1) is 15.7. The molecule has 3 heterocycles. The van der Waals surface area contributed by atoms with E-state index >= 15 is 0 Å². The van der Waals surface area contributed by atoms with Crippen LogP contribution in [-0.2, 0) is 0 Å². The zero-order valence-electron chi connectivity index (χ0n) is 24.6. The van der Waals surface area contributed by atoms with E-state index < -0.39 is 0 Å². The second-order valence-electron chi connectivity index (χ2n) is 7.34. The van der Waals surface area contributed by atoms with Gasteiger partial charge in [0.25, 0.3) is 0 Å². The molecule has 0 aliphatic heterocycles. The van der Waals surface area contributed by atoms with Gasteiger partial charge in [0.05, 0.1) is 6.20 Å².